The van der Waals surface area contributed by atoms with Crippen molar-refractivity contribution in [1.29, 1.82) is 0 Å². The molecular weight excluding hydrogens is 288 g/mol. The minimum absolute atomic E-state index is 0.0247. The lowest BCUT2D eigenvalue weighted by Crippen LogP contribution is -3.19. The number of aryl methyl sites for hydroxylation is 1. The van der Waals surface area contributed by atoms with Gasteiger partial charge in [0.1, 0.15) is 25.3 Å². The Morgan fingerprint density at radius 3 is 2.62 bits per heavy atom. The highest BCUT2D eigenvalue weighted by Crippen LogP contribution is 2.20. The highest BCUT2D eigenvalue weighted by molar-refractivity contribution is 6.31. The van der Waals surface area contributed by atoms with E-state index in [0.717, 1.165) is 24.3 Å². The Morgan fingerprint density at radius 1 is 1.38 bits per heavy atom. The van der Waals surface area contributed by atoms with Crippen LogP contribution in [0.3, 0.4) is 0 Å². The molecular formula is C16H24ClN2O2+. The third-order valence-electron chi connectivity index (χ3n) is 4.03. The summed E-state index contributed by atoms with van der Waals surface area (Å²) in [5, 5.41) is 3.62. The molecule has 2 rings (SSSR count). The van der Waals surface area contributed by atoms with E-state index in [0.29, 0.717) is 5.02 Å². The van der Waals surface area contributed by atoms with Crippen LogP contribution in [0.1, 0.15) is 26.3 Å². The highest BCUT2D eigenvalue weighted by atomic mass is 35.5. The van der Waals surface area contributed by atoms with Gasteiger partial charge in [0.2, 0.25) is 0 Å². The smallest absolute Gasteiger partial charge is 0.282 e. The van der Waals surface area contributed by atoms with Crippen LogP contribution in [0.2, 0.25) is 5.02 Å². The first-order valence-corrected chi connectivity index (χ1v) is 7.81. The second-order valence-electron chi connectivity index (χ2n) is 5.99. The van der Waals surface area contributed by atoms with Crippen molar-refractivity contribution in [1.82, 2.24) is 0 Å². The van der Waals surface area contributed by atoms with Gasteiger partial charge in [0.15, 0.2) is 6.04 Å². The molecule has 1 heterocycles. The van der Waals surface area contributed by atoms with Gasteiger partial charge in [0.05, 0.1) is 0 Å². The third-order valence-corrected chi connectivity index (χ3v) is 4.26. The first-order valence-electron chi connectivity index (χ1n) is 7.44. The van der Waals surface area contributed by atoms with Gasteiger partial charge in [-0.3, -0.25) is 4.79 Å². The average molecular weight is 312 g/mol. The summed E-state index contributed by atoms with van der Waals surface area (Å²) in [5.41, 5.74) is 1.80. The number of rotatable bonds is 3. The van der Waals surface area contributed by atoms with Crippen molar-refractivity contribution in [2.45, 2.75) is 45.9 Å². The zero-order chi connectivity index (χ0) is 15.6. The van der Waals surface area contributed by atoms with Crippen molar-refractivity contribution >= 4 is 23.2 Å². The van der Waals surface area contributed by atoms with Gasteiger partial charge in [-0.15, -0.1) is 0 Å². The third kappa shape index (κ3) is 4.19. The molecule has 1 aromatic rings. The van der Waals surface area contributed by atoms with E-state index in [9.17, 15) is 4.79 Å². The fourth-order valence-electron chi connectivity index (χ4n) is 2.82. The topological polar surface area (TPSA) is 42.8 Å². The Balaban J connectivity index is 2.04. The van der Waals surface area contributed by atoms with Gasteiger partial charge in [0, 0.05) is 10.7 Å². The zero-order valence-corrected chi connectivity index (χ0v) is 13.8. The molecule has 0 spiro atoms. The molecule has 1 fully saturated rings. The van der Waals surface area contributed by atoms with Crippen molar-refractivity contribution < 1.29 is 14.4 Å². The predicted molar refractivity (Wildman–Crippen MR) is 85.0 cm³/mol. The van der Waals surface area contributed by atoms with E-state index in [1.54, 1.807) is 6.07 Å². The number of hydrogen-bond acceptors (Lipinski definition) is 2. The van der Waals surface area contributed by atoms with E-state index in [2.05, 4.69) is 19.2 Å². The lowest BCUT2D eigenvalue weighted by molar-refractivity contribution is -0.928. The summed E-state index contributed by atoms with van der Waals surface area (Å²) in [5.74, 6) is 0.0247. The number of morpholine rings is 1. The van der Waals surface area contributed by atoms with Crippen molar-refractivity contribution in [2.24, 2.45) is 0 Å². The number of quaternary nitrogens is 1. The number of amides is 1. The predicted octanol–water partition coefficient (Wildman–Crippen LogP) is 1.67. The zero-order valence-electron chi connectivity index (χ0n) is 13.1. The Bertz CT molecular complexity index is 511. The number of halogens is 1. The summed E-state index contributed by atoms with van der Waals surface area (Å²) in [6, 6.07) is 5.42. The molecule has 4 nitrogen and oxygen atoms in total. The molecule has 1 aliphatic heterocycles. The Hall–Kier alpha value is -1.10. The van der Waals surface area contributed by atoms with Gasteiger partial charge in [-0.25, -0.2) is 0 Å². The molecule has 1 amide bonds. The Labute approximate surface area is 131 Å². The molecule has 1 aliphatic rings. The monoisotopic (exact) mass is 311 g/mol. The Morgan fingerprint density at radius 2 is 2.00 bits per heavy atom. The molecule has 0 aromatic heterocycles. The minimum atomic E-state index is -0.114. The SMILES string of the molecule is Cc1ccc(Cl)cc1NC(=O)[C@@H](C)[NH+]1C[C@@H](C)O[C@@H](C)C1. The molecule has 0 radical (unpaired) electrons. The second-order valence-corrected chi connectivity index (χ2v) is 6.43. The van der Waals surface area contributed by atoms with Crippen molar-refractivity contribution in [3.8, 4) is 0 Å². The minimum Gasteiger partial charge on any atom is -0.364 e. The molecule has 1 aromatic carbocycles. The normalized spacial score (nSPS) is 27.2. The van der Waals surface area contributed by atoms with Gasteiger partial charge >= 0.3 is 0 Å². The van der Waals surface area contributed by atoms with Crippen molar-refractivity contribution in [2.75, 3.05) is 18.4 Å². The van der Waals surface area contributed by atoms with Crippen molar-refractivity contribution in [3.05, 3.63) is 28.8 Å². The molecule has 2 N–H and O–H groups in total. The summed E-state index contributed by atoms with van der Waals surface area (Å²) in [7, 11) is 0. The second kappa shape index (κ2) is 6.77. The van der Waals surface area contributed by atoms with E-state index in [-0.39, 0.29) is 24.2 Å². The summed E-state index contributed by atoms with van der Waals surface area (Å²) in [6.07, 6.45) is 0.374. The van der Waals surface area contributed by atoms with E-state index < -0.39 is 0 Å². The van der Waals surface area contributed by atoms with E-state index in [1.165, 1.54) is 4.90 Å². The van der Waals surface area contributed by atoms with E-state index in [1.807, 2.05) is 26.0 Å². The largest absolute Gasteiger partial charge is 0.364 e. The van der Waals surface area contributed by atoms with Crippen LogP contribution in [-0.4, -0.2) is 37.2 Å². The molecule has 116 valence electrons. The number of anilines is 1. The maximum absolute atomic E-state index is 12.5. The lowest BCUT2D eigenvalue weighted by Gasteiger charge is -2.35. The lowest BCUT2D eigenvalue weighted by atomic mass is 10.1. The summed E-state index contributed by atoms with van der Waals surface area (Å²) >= 11 is 5.99. The molecule has 5 heteroatoms. The van der Waals surface area contributed by atoms with Crippen molar-refractivity contribution in [3.63, 3.8) is 0 Å². The number of benzene rings is 1. The number of carbonyl (C=O) groups excluding carboxylic acids is 1. The highest BCUT2D eigenvalue weighted by Gasteiger charge is 2.33. The standard InChI is InChI=1S/C16H23ClN2O2/c1-10-5-6-14(17)7-15(10)18-16(20)13(4)19-8-11(2)21-12(3)9-19/h5-7,11-13H,8-9H2,1-4H3,(H,18,20)/p+1/t11-,12+,13-/m1/s1. The van der Waals surface area contributed by atoms with Crippen LogP contribution in [0.25, 0.3) is 0 Å². The first-order chi connectivity index (χ1) is 9.86. The van der Waals surface area contributed by atoms with Crippen LogP contribution < -0.4 is 10.2 Å². The maximum Gasteiger partial charge on any atom is 0.282 e. The molecule has 1 unspecified atom stereocenters. The van der Waals surface area contributed by atoms with Crippen LogP contribution in [0.15, 0.2) is 18.2 Å². The summed E-state index contributed by atoms with van der Waals surface area (Å²) in [6.45, 7) is 9.75. The maximum atomic E-state index is 12.5. The van der Waals surface area contributed by atoms with E-state index >= 15 is 0 Å². The summed E-state index contributed by atoms with van der Waals surface area (Å²) in [4.78, 5) is 13.7. The summed E-state index contributed by atoms with van der Waals surface area (Å²) < 4.78 is 5.73. The quantitative estimate of drug-likeness (QED) is 0.892. The van der Waals surface area contributed by atoms with Gasteiger partial charge < -0.3 is 15.0 Å². The van der Waals surface area contributed by atoms with Crippen LogP contribution in [-0.2, 0) is 9.53 Å². The molecule has 0 bridgehead atoms. The Kier molecular flexibility index (Phi) is 5.25. The molecule has 21 heavy (non-hydrogen) atoms. The van der Waals surface area contributed by atoms with Gasteiger partial charge in [-0.1, -0.05) is 17.7 Å². The van der Waals surface area contributed by atoms with Crippen LogP contribution in [0.5, 0.6) is 0 Å². The van der Waals surface area contributed by atoms with Crippen LogP contribution in [0, 0.1) is 6.92 Å². The van der Waals surface area contributed by atoms with Gasteiger partial charge in [-0.05, 0) is 45.4 Å². The molecule has 0 aliphatic carbocycles. The van der Waals surface area contributed by atoms with Gasteiger partial charge in [-0.2, -0.15) is 0 Å². The molecule has 0 saturated carbocycles. The fraction of sp³-hybridized carbons (Fsp3) is 0.562. The molecule has 1 saturated heterocycles. The van der Waals surface area contributed by atoms with E-state index in [4.69, 9.17) is 16.3 Å². The van der Waals surface area contributed by atoms with Gasteiger partial charge in [0.25, 0.3) is 5.91 Å². The average Bonchev–Trinajstić information content (AvgIpc) is 2.41. The fourth-order valence-corrected chi connectivity index (χ4v) is 3.00. The number of nitrogens with one attached hydrogen (secondary N) is 2. The van der Waals surface area contributed by atoms with Crippen LogP contribution >= 0.6 is 11.6 Å². The number of ether oxygens (including phenoxy) is 1. The first kappa shape index (κ1) is 16.3. The molecule has 4 atom stereocenters. The van der Waals surface area contributed by atoms with Crippen LogP contribution in [0.4, 0.5) is 5.69 Å². The number of carbonyl (C=O) groups is 1. The number of hydrogen-bond donors (Lipinski definition) is 2.